The van der Waals surface area contributed by atoms with Gasteiger partial charge in [0.2, 0.25) is 0 Å². The molecule has 5 nitrogen and oxygen atoms in total. The molecule has 1 amide bonds. The number of benzene rings is 1. The summed E-state index contributed by atoms with van der Waals surface area (Å²) >= 11 is 1.71. The van der Waals surface area contributed by atoms with Crippen LogP contribution in [0.5, 0.6) is 11.5 Å². The van der Waals surface area contributed by atoms with Gasteiger partial charge in [-0.05, 0) is 59.8 Å². The van der Waals surface area contributed by atoms with Gasteiger partial charge in [-0.1, -0.05) is 0 Å². The van der Waals surface area contributed by atoms with Crippen molar-refractivity contribution >= 4 is 17.2 Å². The Labute approximate surface area is 149 Å². The van der Waals surface area contributed by atoms with E-state index in [4.69, 9.17) is 9.15 Å². The fourth-order valence-electron chi connectivity index (χ4n) is 3.08. The standard InChI is InChI=1S/C19H17NO4S/c21-13-3-5-14(6-4-13)24-12-16-15-8-11-25-18(15)7-9-20(16)19(22)17-2-1-10-23-17/h1-6,8,10-11,16,21H,7,9,12H2. The second kappa shape index (κ2) is 6.64. The summed E-state index contributed by atoms with van der Waals surface area (Å²) in [6.45, 7) is 0.984. The van der Waals surface area contributed by atoms with E-state index in [0.717, 1.165) is 12.0 Å². The maximum Gasteiger partial charge on any atom is 0.290 e. The van der Waals surface area contributed by atoms with Crippen molar-refractivity contribution in [2.45, 2.75) is 12.5 Å². The van der Waals surface area contributed by atoms with Gasteiger partial charge in [-0.2, -0.15) is 0 Å². The van der Waals surface area contributed by atoms with E-state index in [9.17, 15) is 9.90 Å². The Kier molecular flexibility index (Phi) is 4.19. The van der Waals surface area contributed by atoms with Crippen LogP contribution in [0.3, 0.4) is 0 Å². The number of hydrogen-bond donors (Lipinski definition) is 1. The molecule has 0 fully saturated rings. The lowest BCUT2D eigenvalue weighted by Crippen LogP contribution is -2.41. The minimum absolute atomic E-state index is 0.124. The number of fused-ring (bicyclic) bond motifs is 1. The van der Waals surface area contributed by atoms with Crippen molar-refractivity contribution < 1.29 is 19.1 Å². The molecule has 4 rings (SSSR count). The maximum atomic E-state index is 12.8. The number of carbonyl (C=O) groups is 1. The summed E-state index contributed by atoms with van der Waals surface area (Å²) in [4.78, 5) is 15.9. The highest BCUT2D eigenvalue weighted by molar-refractivity contribution is 7.10. The fraction of sp³-hybridized carbons (Fsp3) is 0.211. The molecule has 3 heterocycles. The van der Waals surface area contributed by atoms with Crippen molar-refractivity contribution in [3.63, 3.8) is 0 Å². The Balaban J connectivity index is 1.58. The average molecular weight is 355 g/mol. The van der Waals surface area contributed by atoms with Crippen molar-refractivity contribution in [2.24, 2.45) is 0 Å². The Bertz CT molecular complexity index is 854. The number of phenolic OH excluding ortho intramolecular Hbond substituents is 1. The summed E-state index contributed by atoms with van der Waals surface area (Å²) in [5.74, 6) is 1.07. The van der Waals surface area contributed by atoms with Gasteiger partial charge in [-0.15, -0.1) is 11.3 Å². The molecular weight excluding hydrogens is 338 g/mol. The number of rotatable bonds is 4. The molecule has 1 atom stereocenters. The monoisotopic (exact) mass is 355 g/mol. The van der Waals surface area contributed by atoms with E-state index in [1.807, 2.05) is 4.90 Å². The summed E-state index contributed by atoms with van der Waals surface area (Å²) in [7, 11) is 0. The molecule has 0 spiro atoms. The van der Waals surface area contributed by atoms with E-state index in [1.165, 1.54) is 11.1 Å². The van der Waals surface area contributed by atoms with Gasteiger partial charge in [0.15, 0.2) is 5.76 Å². The first-order valence-electron chi connectivity index (χ1n) is 8.05. The Morgan fingerprint density at radius 2 is 2.12 bits per heavy atom. The Morgan fingerprint density at radius 1 is 1.28 bits per heavy atom. The minimum atomic E-state index is -0.165. The van der Waals surface area contributed by atoms with Gasteiger partial charge in [-0.25, -0.2) is 0 Å². The van der Waals surface area contributed by atoms with Gasteiger partial charge in [0.1, 0.15) is 18.1 Å². The number of hydrogen-bond acceptors (Lipinski definition) is 5. The van der Waals surface area contributed by atoms with Crippen molar-refractivity contribution in [1.29, 1.82) is 0 Å². The number of aromatic hydroxyl groups is 1. The number of thiophene rings is 1. The van der Waals surface area contributed by atoms with Crippen LogP contribution >= 0.6 is 11.3 Å². The number of phenols is 1. The van der Waals surface area contributed by atoms with Gasteiger partial charge < -0.3 is 19.2 Å². The number of carbonyl (C=O) groups excluding carboxylic acids is 1. The topological polar surface area (TPSA) is 62.9 Å². The molecule has 2 aromatic heterocycles. The van der Waals surface area contributed by atoms with Gasteiger partial charge in [0.05, 0.1) is 12.3 Å². The van der Waals surface area contributed by atoms with Crippen LogP contribution in [0.2, 0.25) is 0 Å². The minimum Gasteiger partial charge on any atom is -0.508 e. The molecule has 3 aromatic rings. The second-order valence-electron chi connectivity index (χ2n) is 5.85. The normalized spacial score (nSPS) is 16.5. The third-order valence-electron chi connectivity index (χ3n) is 4.33. The molecule has 128 valence electrons. The summed E-state index contributed by atoms with van der Waals surface area (Å²) in [6.07, 6.45) is 2.35. The summed E-state index contributed by atoms with van der Waals surface area (Å²) in [5, 5.41) is 11.4. The molecule has 0 radical (unpaired) electrons. The van der Waals surface area contributed by atoms with Gasteiger partial charge in [0, 0.05) is 11.4 Å². The molecule has 0 saturated heterocycles. The van der Waals surface area contributed by atoms with Crippen molar-refractivity contribution in [2.75, 3.05) is 13.2 Å². The quantitative estimate of drug-likeness (QED) is 0.772. The van der Waals surface area contributed by atoms with Crippen LogP contribution in [-0.4, -0.2) is 29.1 Å². The third-order valence-corrected chi connectivity index (χ3v) is 5.33. The largest absolute Gasteiger partial charge is 0.508 e. The van der Waals surface area contributed by atoms with E-state index in [0.29, 0.717) is 24.7 Å². The van der Waals surface area contributed by atoms with Gasteiger partial charge in [-0.3, -0.25) is 4.79 Å². The number of amides is 1. The van der Waals surface area contributed by atoms with Crippen LogP contribution in [0.25, 0.3) is 0 Å². The maximum absolute atomic E-state index is 12.8. The first kappa shape index (κ1) is 15.8. The lowest BCUT2D eigenvalue weighted by molar-refractivity contribution is 0.0561. The van der Waals surface area contributed by atoms with Gasteiger partial charge >= 0.3 is 0 Å². The van der Waals surface area contributed by atoms with Crippen LogP contribution in [-0.2, 0) is 6.42 Å². The molecule has 1 aliphatic heterocycles. The second-order valence-corrected chi connectivity index (χ2v) is 6.85. The highest BCUT2D eigenvalue weighted by Gasteiger charge is 2.33. The fourth-order valence-corrected chi connectivity index (χ4v) is 4.01. The first-order chi connectivity index (χ1) is 12.2. The highest BCUT2D eigenvalue weighted by atomic mass is 32.1. The van der Waals surface area contributed by atoms with Crippen LogP contribution in [0.1, 0.15) is 27.0 Å². The lowest BCUT2D eigenvalue weighted by Gasteiger charge is -2.35. The smallest absolute Gasteiger partial charge is 0.290 e. The summed E-state index contributed by atoms with van der Waals surface area (Å²) < 4.78 is 11.2. The van der Waals surface area contributed by atoms with Crippen LogP contribution in [0, 0.1) is 0 Å². The zero-order valence-electron chi connectivity index (χ0n) is 13.4. The zero-order valence-corrected chi connectivity index (χ0v) is 14.2. The molecule has 1 aromatic carbocycles. The van der Waals surface area contributed by atoms with Crippen molar-refractivity contribution in [1.82, 2.24) is 4.90 Å². The van der Waals surface area contributed by atoms with E-state index in [-0.39, 0.29) is 17.7 Å². The van der Waals surface area contributed by atoms with Crippen LogP contribution in [0.15, 0.2) is 58.5 Å². The van der Waals surface area contributed by atoms with Gasteiger partial charge in [0.25, 0.3) is 5.91 Å². The van der Waals surface area contributed by atoms with E-state index in [2.05, 4.69) is 11.4 Å². The van der Waals surface area contributed by atoms with E-state index in [1.54, 1.807) is 47.7 Å². The predicted molar refractivity (Wildman–Crippen MR) is 94.1 cm³/mol. The molecule has 1 N–H and O–H groups in total. The molecule has 25 heavy (non-hydrogen) atoms. The molecule has 6 heteroatoms. The summed E-state index contributed by atoms with van der Waals surface area (Å²) in [5.41, 5.74) is 1.13. The van der Waals surface area contributed by atoms with E-state index >= 15 is 0 Å². The molecule has 0 bridgehead atoms. The molecule has 0 aliphatic carbocycles. The third kappa shape index (κ3) is 3.13. The summed E-state index contributed by atoms with van der Waals surface area (Å²) in [6, 6.07) is 11.9. The highest BCUT2D eigenvalue weighted by Crippen LogP contribution is 2.34. The Hall–Kier alpha value is -2.73. The lowest BCUT2D eigenvalue weighted by atomic mass is 10.00. The first-order valence-corrected chi connectivity index (χ1v) is 8.93. The van der Waals surface area contributed by atoms with E-state index < -0.39 is 0 Å². The number of nitrogens with zero attached hydrogens (tertiary/aromatic N) is 1. The van der Waals surface area contributed by atoms with Crippen molar-refractivity contribution in [3.05, 3.63) is 70.3 Å². The molecule has 0 saturated carbocycles. The average Bonchev–Trinajstić information content (AvgIpc) is 3.32. The Morgan fingerprint density at radius 3 is 2.88 bits per heavy atom. The van der Waals surface area contributed by atoms with Crippen LogP contribution < -0.4 is 4.74 Å². The number of furan rings is 1. The molecule has 1 unspecified atom stereocenters. The predicted octanol–water partition coefficient (Wildman–Crippen LogP) is 3.87. The number of ether oxygens (including phenoxy) is 1. The zero-order chi connectivity index (χ0) is 17.2. The molecule has 1 aliphatic rings. The SMILES string of the molecule is O=C(c1ccco1)N1CCc2sccc2C1COc1ccc(O)cc1. The van der Waals surface area contributed by atoms with Crippen molar-refractivity contribution in [3.8, 4) is 11.5 Å². The van der Waals surface area contributed by atoms with Crippen LogP contribution in [0.4, 0.5) is 0 Å². The molecular formula is C19H17NO4S.